The highest BCUT2D eigenvalue weighted by atomic mass is 16.5. The Kier molecular flexibility index (Phi) is 3.41. The van der Waals surface area contributed by atoms with E-state index >= 15 is 0 Å². The summed E-state index contributed by atoms with van der Waals surface area (Å²) in [6.07, 6.45) is 5.18. The SMILES string of the molecule is CCCn1ccn(Cc2noc(CC)n2)c1=O. The van der Waals surface area contributed by atoms with Gasteiger partial charge in [-0.1, -0.05) is 19.0 Å². The van der Waals surface area contributed by atoms with Gasteiger partial charge in [0.2, 0.25) is 5.89 Å². The molecular formula is C11H16N4O2. The summed E-state index contributed by atoms with van der Waals surface area (Å²) < 4.78 is 8.26. The molecule has 0 saturated heterocycles. The first-order valence-corrected chi connectivity index (χ1v) is 5.81. The Morgan fingerprint density at radius 1 is 1.29 bits per heavy atom. The van der Waals surface area contributed by atoms with E-state index in [2.05, 4.69) is 10.1 Å². The highest BCUT2D eigenvalue weighted by Crippen LogP contribution is 1.99. The van der Waals surface area contributed by atoms with Gasteiger partial charge in [-0.2, -0.15) is 4.98 Å². The molecule has 0 unspecified atom stereocenters. The first-order chi connectivity index (χ1) is 8.24. The van der Waals surface area contributed by atoms with Crippen LogP contribution < -0.4 is 5.69 Å². The quantitative estimate of drug-likeness (QED) is 0.778. The van der Waals surface area contributed by atoms with E-state index in [9.17, 15) is 4.79 Å². The predicted molar refractivity (Wildman–Crippen MR) is 61.8 cm³/mol. The first-order valence-electron chi connectivity index (χ1n) is 5.81. The summed E-state index contributed by atoms with van der Waals surface area (Å²) in [4.78, 5) is 16.1. The van der Waals surface area contributed by atoms with Gasteiger partial charge in [-0.15, -0.1) is 0 Å². The van der Waals surface area contributed by atoms with Crippen molar-refractivity contribution in [1.29, 1.82) is 0 Å². The molecule has 6 heteroatoms. The van der Waals surface area contributed by atoms with Crippen LogP contribution in [0.1, 0.15) is 32.0 Å². The highest BCUT2D eigenvalue weighted by molar-refractivity contribution is 4.90. The summed E-state index contributed by atoms with van der Waals surface area (Å²) >= 11 is 0. The van der Waals surface area contributed by atoms with Gasteiger partial charge in [0.05, 0.1) is 6.54 Å². The van der Waals surface area contributed by atoms with E-state index in [-0.39, 0.29) is 5.69 Å². The molecule has 0 aromatic carbocycles. The van der Waals surface area contributed by atoms with E-state index in [1.54, 1.807) is 21.5 Å². The zero-order valence-electron chi connectivity index (χ0n) is 10.1. The summed E-state index contributed by atoms with van der Waals surface area (Å²) in [5, 5.41) is 3.82. The summed E-state index contributed by atoms with van der Waals surface area (Å²) in [6.45, 7) is 5.08. The number of imidazole rings is 1. The van der Waals surface area contributed by atoms with Crippen LogP contribution in [0, 0.1) is 0 Å². The normalized spacial score (nSPS) is 10.9. The van der Waals surface area contributed by atoms with Gasteiger partial charge < -0.3 is 4.52 Å². The minimum absolute atomic E-state index is 0.0327. The lowest BCUT2D eigenvalue weighted by Crippen LogP contribution is -2.24. The Morgan fingerprint density at radius 2 is 2.06 bits per heavy atom. The fourth-order valence-electron chi connectivity index (χ4n) is 1.64. The summed E-state index contributed by atoms with van der Waals surface area (Å²) in [5.74, 6) is 1.14. The number of nitrogens with zero attached hydrogens (tertiary/aromatic N) is 4. The Balaban J connectivity index is 2.16. The Morgan fingerprint density at radius 3 is 2.71 bits per heavy atom. The Hall–Kier alpha value is -1.85. The van der Waals surface area contributed by atoms with Crippen LogP contribution in [-0.4, -0.2) is 19.3 Å². The maximum absolute atomic E-state index is 11.9. The number of hydrogen-bond donors (Lipinski definition) is 0. The Bertz CT molecular complexity index is 538. The van der Waals surface area contributed by atoms with Gasteiger partial charge in [0.1, 0.15) is 0 Å². The van der Waals surface area contributed by atoms with E-state index in [1.165, 1.54) is 0 Å². The first kappa shape index (κ1) is 11.6. The van der Waals surface area contributed by atoms with Crippen molar-refractivity contribution in [2.75, 3.05) is 0 Å². The maximum Gasteiger partial charge on any atom is 0.328 e. The minimum atomic E-state index is -0.0327. The molecule has 0 fully saturated rings. The molecule has 2 rings (SSSR count). The molecule has 0 aliphatic heterocycles. The second kappa shape index (κ2) is 4.99. The van der Waals surface area contributed by atoms with E-state index < -0.39 is 0 Å². The van der Waals surface area contributed by atoms with Gasteiger partial charge in [0.25, 0.3) is 0 Å². The van der Waals surface area contributed by atoms with Crippen LogP contribution in [0.3, 0.4) is 0 Å². The molecule has 0 N–H and O–H groups in total. The molecule has 0 bridgehead atoms. The lowest BCUT2D eigenvalue weighted by molar-refractivity contribution is 0.375. The topological polar surface area (TPSA) is 65.8 Å². The van der Waals surface area contributed by atoms with Crippen LogP contribution in [0.5, 0.6) is 0 Å². The molecule has 2 aromatic rings. The van der Waals surface area contributed by atoms with Crippen molar-refractivity contribution in [3.8, 4) is 0 Å². The van der Waals surface area contributed by atoms with Crippen LogP contribution in [0.15, 0.2) is 21.7 Å². The van der Waals surface area contributed by atoms with Gasteiger partial charge in [0.15, 0.2) is 5.82 Å². The molecule has 0 spiro atoms. The summed E-state index contributed by atoms with van der Waals surface area (Å²) in [6, 6.07) is 0. The van der Waals surface area contributed by atoms with Gasteiger partial charge >= 0.3 is 5.69 Å². The van der Waals surface area contributed by atoms with Gasteiger partial charge in [-0.3, -0.25) is 9.13 Å². The van der Waals surface area contributed by atoms with Crippen molar-refractivity contribution >= 4 is 0 Å². The van der Waals surface area contributed by atoms with Crippen LogP contribution >= 0.6 is 0 Å². The number of aryl methyl sites for hydroxylation is 2. The molecule has 0 aliphatic carbocycles. The van der Waals surface area contributed by atoms with Crippen LogP contribution in [0.25, 0.3) is 0 Å². The standard InChI is InChI=1S/C11H16N4O2/c1-3-5-14-6-7-15(11(14)16)8-9-12-10(4-2)17-13-9/h6-7H,3-5,8H2,1-2H3. The second-order valence-electron chi connectivity index (χ2n) is 3.86. The van der Waals surface area contributed by atoms with E-state index in [4.69, 9.17) is 4.52 Å². The average molecular weight is 236 g/mol. The monoisotopic (exact) mass is 236 g/mol. The molecule has 0 saturated carbocycles. The van der Waals surface area contributed by atoms with E-state index in [0.717, 1.165) is 13.0 Å². The molecule has 92 valence electrons. The van der Waals surface area contributed by atoms with Crippen LogP contribution in [-0.2, 0) is 19.5 Å². The minimum Gasteiger partial charge on any atom is -0.339 e. The molecule has 2 heterocycles. The van der Waals surface area contributed by atoms with Crippen molar-refractivity contribution < 1.29 is 4.52 Å². The van der Waals surface area contributed by atoms with Crippen molar-refractivity contribution in [3.05, 3.63) is 34.6 Å². The smallest absolute Gasteiger partial charge is 0.328 e. The van der Waals surface area contributed by atoms with Crippen molar-refractivity contribution in [1.82, 2.24) is 19.3 Å². The highest BCUT2D eigenvalue weighted by Gasteiger charge is 2.08. The van der Waals surface area contributed by atoms with E-state index in [1.807, 2.05) is 13.8 Å². The molecule has 2 aromatic heterocycles. The zero-order chi connectivity index (χ0) is 12.3. The fourth-order valence-corrected chi connectivity index (χ4v) is 1.64. The molecule has 17 heavy (non-hydrogen) atoms. The van der Waals surface area contributed by atoms with Crippen molar-refractivity contribution in [2.24, 2.45) is 0 Å². The maximum atomic E-state index is 11.9. The molecule has 0 aliphatic rings. The van der Waals surface area contributed by atoms with Gasteiger partial charge in [0, 0.05) is 25.4 Å². The number of rotatable bonds is 5. The summed E-state index contributed by atoms with van der Waals surface area (Å²) in [7, 11) is 0. The predicted octanol–water partition coefficient (Wildman–Crippen LogP) is 1.05. The molecule has 0 atom stereocenters. The van der Waals surface area contributed by atoms with Crippen molar-refractivity contribution in [2.45, 2.75) is 39.8 Å². The molecule has 0 amide bonds. The summed E-state index contributed by atoms with van der Waals surface area (Å²) in [5.41, 5.74) is -0.0327. The molecule has 0 radical (unpaired) electrons. The van der Waals surface area contributed by atoms with Gasteiger partial charge in [-0.25, -0.2) is 4.79 Å². The number of hydrogen-bond acceptors (Lipinski definition) is 4. The third-order valence-electron chi connectivity index (χ3n) is 2.51. The average Bonchev–Trinajstić information content (AvgIpc) is 2.91. The second-order valence-corrected chi connectivity index (χ2v) is 3.86. The lowest BCUT2D eigenvalue weighted by Gasteiger charge is -1.97. The zero-order valence-corrected chi connectivity index (χ0v) is 10.1. The van der Waals surface area contributed by atoms with Crippen LogP contribution in [0.2, 0.25) is 0 Å². The van der Waals surface area contributed by atoms with E-state index in [0.29, 0.717) is 24.7 Å². The largest absolute Gasteiger partial charge is 0.339 e. The molecule has 6 nitrogen and oxygen atoms in total. The Labute approximate surface area is 98.9 Å². The molecular weight excluding hydrogens is 220 g/mol. The fraction of sp³-hybridized carbons (Fsp3) is 0.545. The number of aromatic nitrogens is 4. The lowest BCUT2D eigenvalue weighted by atomic mass is 10.5. The van der Waals surface area contributed by atoms with Gasteiger partial charge in [-0.05, 0) is 6.42 Å². The van der Waals surface area contributed by atoms with Crippen molar-refractivity contribution in [3.63, 3.8) is 0 Å². The third kappa shape index (κ3) is 2.46. The van der Waals surface area contributed by atoms with Crippen LogP contribution in [0.4, 0.5) is 0 Å². The third-order valence-corrected chi connectivity index (χ3v) is 2.51.